The smallest absolute Gasteiger partial charge is 0.177 e. The van der Waals surface area contributed by atoms with Crippen molar-refractivity contribution < 1.29 is 0 Å². The zero-order chi connectivity index (χ0) is 9.97. The van der Waals surface area contributed by atoms with Crippen molar-refractivity contribution in [2.45, 2.75) is 26.2 Å². The molecule has 74 valence electrons. The number of hydrogen-bond acceptors (Lipinski definition) is 2. The number of fused-ring (bicyclic) bond motifs is 1. The Bertz CT molecular complexity index is 436. The maximum Gasteiger partial charge on any atom is 0.177 e. The van der Waals surface area contributed by atoms with Crippen molar-refractivity contribution in [3.63, 3.8) is 0 Å². The summed E-state index contributed by atoms with van der Waals surface area (Å²) in [5, 5.41) is 0.642. The van der Waals surface area contributed by atoms with Crippen LogP contribution in [0.15, 0.2) is 12.3 Å². The van der Waals surface area contributed by atoms with Crippen LogP contribution in [0.3, 0.4) is 0 Å². The summed E-state index contributed by atoms with van der Waals surface area (Å²) in [5.41, 5.74) is 1.67. The molecular formula is C10H12ClN3. The van der Waals surface area contributed by atoms with Crippen LogP contribution in [0.1, 0.15) is 25.6 Å². The van der Waals surface area contributed by atoms with Crippen LogP contribution < -0.4 is 0 Å². The highest BCUT2D eigenvalue weighted by molar-refractivity contribution is 6.30. The number of aromatic amines is 1. The molecule has 2 aromatic rings. The number of aromatic nitrogens is 3. The molecule has 0 saturated carbocycles. The molecule has 0 aliphatic heterocycles. The molecular weight excluding hydrogens is 198 g/mol. The van der Waals surface area contributed by atoms with Gasteiger partial charge in [0.25, 0.3) is 0 Å². The molecule has 0 amide bonds. The van der Waals surface area contributed by atoms with Gasteiger partial charge in [0.15, 0.2) is 5.65 Å². The molecule has 14 heavy (non-hydrogen) atoms. The van der Waals surface area contributed by atoms with Crippen molar-refractivity contribution >= 4 is 22.8 Å². The first-order valence-corrected chi connectivity index (χ1v) is 5.17. The van der Waals surface area contributed by atoms with Crippen molar-refractivity contribution in [3.8, 4) is 0 Å². The van der Waals surface area contributed by atoms with E-state index in [0.29, 0.717) is 5.02 Å². The van der Waals surface area contributed by atoms with Crippen molar-refractivity contribution in [1.29, 1.82) is 0 Å². The highest BCUT2D eigenvalue weighted by Gasteiger charge is 2.03. The molecule has 3 nitrogen and oxygen atoms in total. The predicted molar refractivity (Wildman–Crippen MR) is 57.5 cm³/mol. The Morgan fingerprint density at radius 3 is 3.14 bits per heavy atom. The molecule has 0 aliphatic carbocycles. The fraction of sp³-hybridized carbons (Fsp3) is 0.400. The highest BCUT2D eigenvalue weighted by Crippen LogP contribution is 2.15. The van der Waals surface area contributed by atoms with Crippen molar-refractivity contribution in [2.75, 3.05) is 0 Å². The number of H-pyrrole nitrogens is 1. The number of nitrogens with one attached hydrogen (secondary N) is 1. The molecule has 2 heterocycles. The lowest BCUT2D eigenvalue weighted by Gasteiger charge is -1.90. The zero-order valence-corrected chi connectivity index (χ0v) is 8.80. The van der Waals surface area contributed by atoms with E-state index in [2.05, 4.69) is 21.9 Å². The molecule has 0 atom stereocenters. The van der Waals surface area contributed by atoms with Gasteiger partial charge in [-0.1, -0.05) is 24.9 Å². The number of halogens is 1. The van der Waals surface area contributed by atoms with Gasteiger partial charge in [0.05, 0.1) is 10.5 Å². The first kappa shape index (κ1) is 9.46. The van der Waals surface area contributed by atoms with Crippen LogP contribution in [0, 0.1) is 0 Å². The van der Waals surface area contributed by atoms with Gasteiger partial charge in [0.1, 0.15) is 5.82 Å². The van der Waals surface area contributed by atoms with Crippen molar-refractivity contribution in [2.24, 2.45) is 0 Å². The Labute approximate surface area is 87.5 Å². The average molecular weight is 210 g/mol. The lowest BCUT2D eigenvalue weighted by molar-refractivity contribution is 0.764. The van der Waals surface area contributed by atoms with Gasteiger partial charge in [-0.3, -0.25) is 0 Å². The van der Waals surface area contributed by atoms with Crippen LogP contribution in [0.25, 0.3) is 11.2 Å². The van der Waals surface area contributed by atoms with Gasteiger partial charge in [0, 0.05) is 12.6 Å². The van der Waals surface area contributed by atoms with E-state index in [4.69, 9.17) is 11.6 Å². The second-order valence-electron chi connectivity index (χ2n) is 3.31. The number of unbranched alkanes of at least 4 members (excludes halogenated alkanes) is 1. The molecule has 2 rings (SSSR count). The molecule has 4 heteroatoms. The van der Waals surface area contributed by atoms with Crippen LogP contribution in [0.5, 0.6) is 0 Å². The van der Waals surface area contributed by atoms with Crippen LogP contribution in [-0.4, -0.2) is 15.0 Å². The van der Waals surface area contributed by atoms with E-state index in [0.717, 1.165) is 29.8 Å². The maximum atomic E-state index is 5.82. The number of aryl methyl sites for hydroxylation is 1. The summed E-state index contributed by atoms with van der Waals surface area (Å²) in [5.74, 6) is 0.997. The molecule has 1 N–H and O–H groups in total. The minimum atomic E-state index is 0.642. The minimum absolute atomic E-state index is 0.642. The molecule has 0 bridgehead atoms. The Kier molecular flexibility index (Phi) is 2.68. The Balaban J connectivity index is 2.32. The monoisotopic (exact) mass is 209 g/mol. The van der Waals surface area contributed by atoms with Crippen molar-refractivity contribution in [1.82, 2.24) is 15.0 Å². The van der Waals surface area contributed by atoms with Gasteiger partial charge in [-0.25, -0.2) is 9.97 Å². The fourth-order valence-electron chi connectivity index (χ4n) is 1.39. The third-order valence-electron chi connectivity index (χ3n) is 2.12. The predicted octanol–water partition coefficient (Wildman–Crippen LogP) is 2.95. The van der Waals surface area contributed by atoms with Gasteiger partial charge in [0.2, 0.25) is 0 Å². The normalized spacial score (nSPS) is 11.0. The van der Waals surface area contributed by atoms with E-state index < -0.39 is 0 Å². The molecule has 0 aromatic carbocycles. The van der Waals surface area contributed by atoms with Crippen LogP contribution in [0.4, 0.5) is 0 Å². The summed E-state index contributed by atoms with van der Waals surface area (Å²) < 4.78 is 0. The van der Waals surface area contributed by atoms with E-state index in [-0.39, 0.29) is 0 Å². The first-order valence-electron chi connectivity index (χ1n) is 4.79. The highest BCUT2D eigenvalue weighted by atomic mass is 35.5. The molecule has 0 saturated heterocycles. The second kappa shape index (κ2) is 3.96. The fourth-order valence-corrected chi connectivity index (χ4v) is 1.54. The molecule has 0 aliphatic rings. The Morgan fingerprint density at radius 1 is 1.50 bits per heavy atom. The average Bonchev–Trinajstić information content (AvgIpc) is 2.56. The van der Waals surface area contributed by atoms with Gasteiger partial charge >= 0.3 is 0 Å². The maximum absolute atomic E-state index is 5.82. The van der Waals surface area contributed by atoms with Crippen LogP contribution in [-0.2, 0) is 6.42 Å². The topological polar surface area (TPSA) is 41.6 Å². The van der Waals surface area contributed by atoms with E-state index >= 15 is 0 Å². The summed E-state index contributed by atoms with van der Waals surface area (Å²) in [7, 11) is 0. The van der Waals surface area contributed by atoms with Gasteiger partial charge < -0.3 is 4.98 Å². The van der Waals surface area contributed by atoms with Gasteiger partial charge in [-0.15, -0.1) is 0 Å². The summed E-state index contributed by atoms with van der Waals surface area (Å²) in [6, 6.07) is 1.85. The minimum Gasteiger partial charge on any atom is -0.341 e. The Hall–Kier alpha value is -1.09. The third-order valence-corrected chi connectivity index (χ3v) is 2.33. The zero-order valence-electron chi connectivity index (χ0n) is 8.05. The SMILES string of the molecule is CCCCc1nc2ncc(Cl)cc2[nH]1. The molecule has 0 unspecified atom stereocenters. The lowest BCUT2D eigenvalue weighted by Crippen LogP contribution is -1.86. The molecule has 0 fully saturated rings. The number of pyridine rings is 1. The Morgan fingerprint density at radius 2 is 2.36 bits per heavy atom. The van der Waals surface area contributed by atoms with Crippen LogP contribution in [0.2, 0.25) is 5.02 Å². The van der Waals surface area contributed by atoms with Gasteiger partial charge in [-0.05, 0) is 12.5 Å². The molecule has 0 radical (unpaired) electrons. The number of rotatable bonds is 3. The van der Waals surface area contributed by atoms with E-state index in [1.165, 1.54) is 6.42 Å². The summed E-state index contributed by atoms with van der Waals surface area (Å²) in [4.78, 5) is 11.7. The largest absolute Gasteiger partial charge is 0.341 e. The van der Waals surface area contributed by atoms with E-state index in [1.807, 2.05) is 6.07 Å². The second-order valence-corrected chi connectivity index (χ2v) is 3.75. The number of nitrogens with zero attached hydrogens (tertiary/aromatic N) is 2. The number of imidazole rings is 1. The summed E-state index contributed by atoms with van der Waals surface area (Å²) in [6.07, 6.45) is 4.91. The lowest BCUT2D eigenvalue weighted by atomic mass is 10.2. The van der Waals surface area contributed by atoms with Crippen molar-refractivity contribution in [3.05, 3.63) is 23.1 Å². The van der Waals surface area contributed by atoms with E-state index in [9.17, 15) is 0 Å². The van der Waals surface area contributed by atoms with Crippen LogP contribution >= 0.6 is 11.6 Å². The first-order chi connectivity index (χ1) is 6.79. The third kappa shape index (κ3) is 1.87. The quantitative estimate of drug-likeness (QED) is 0.845. The molecule has 2 aromatic heterocycles. The summed E-state index contributed by atoms with van der Waals surface area (Å²) >= 11 is 5.82. The summed E-state index contributed by atoms with van der Waals surface area (Å²) in [6.45, 7) is 2.16. The van der Waals surface area contributed by atoms with E-state index in [1.54, 1.807) is 6.20 Å². The van der Waals surface area contributed by atoms with Gasteiger partial charge in [-0.2, -0.15) is 0 Å². The number of hydrogen-bond donors (Lipinski definition) is 1. The standard InChI is InChI=1S/C10H12ClN3/c1-2-3-4-9-13-8-5-7(11)6-12-10(8)14-9/h5-6H,2-4H2,1H3,(H,12,13,14). The molecule has 0 spiro atoms.